The van der Waals surface area contributed by atoms with Gasteiger partial charge in [0.1, 0.15) is 0 Å². The lowest BCUT2D eigenvalue weighted by molar-refractivity contribution is 0.464. The summed E-state index contributed by atoms with van der Waals surface area (Å²) in [6.45, 7) is 1.43. The Morgan fingerprint density at radius 3 is 2.81 bits per heavy atom. The number of rotatable bonds is 5. The second-order valence-electron chi connectivity index (χ2n) is 4.87. The van der Waals surface area contributed by atoms with Gasteiger partial charge < -0.3 is 0 Å². The normalized spacial score (nSPS) is 16.4. The number of hydrogen-bond donors (Lipinski definition) is 2. The van der Waals surface area contributed by atoms with Crippen molar-refractivity contribution < 1.29 is 8.42 Å². The van der Waals surface area contributed by atoms with Gasteiger partial charge in [0.2, 0.25) is 5.82 Å². The van der Waals surface area contributed by atoms with Crippen LogP contribution in [-0.4, -0.2) is 46.4 Å². The van der Waals surface area contributed by atoms with E-state index in [0.29, 0.717) is 18.9 Å². The van der Waals surface area contributed by atoms with Crippen molar-refractivity contribution in [3.63, 3.8) is 0 Å². The van der Waals surface area contributed by atoms with Gasteiger partial charge in [-0.15, -0.1) is 10.2 Å². The minimum atomic E-state index is -3.39. The average Bonchev–Trinajstić information content (AvgIpc) is 3.18. The van der Waals surface area contributed by atoms with Gasteiger partial charge in [-0.25, -0.2) is 0 Å². The predicted octanol–water partition coefficient (Wildman–Crippen LogP) is 0.297. The molecule has 3 rings (SSSR count). The third kappa shape index (κ3) is 3.26. The van der Waals surface area contributed by atoms with Crippen LogP contribution in [0.1, 0.15) is 18.4 Å². The van der Waals surface area contributed by atoms with Crippen LogP contribution in [0.15, 0.2) is 24.3 Å². The maximum atomic E-state index is 12.1. The maximum Gasteiger partial charge on any atom is 0.279 e. The van der Waals surface area contributed by atoms with Crippen molar-refractivity contribution >= 4 is 10.2 Å². The molecule has 1 aromatic heterocycles. The van der Waals surface area contributed by atoms with Gasteiger partial charge in [0.25, 0.3) is 10.2 Å². The Hall–Kier alpha value is -1.84. The summed E-state index contributed by atoms with van der Waals surface area (Å²) in [5.41, 5.74) is 1.64. The van der Waals surface area contributed by atoms with Crippen LogP contribution in [0.2, 0.25) is 0 Å². The Morgan fingerprint density at radius 1 is 1.29 bits per heavy atom. The maximum absolute atomic E-state index is 12.1. The van der Waals surface area contributed by atoms with Gasteiger partial charge in [0.15, 0.2) is 0 Å². The zero-order chi connectivity index (χ0) is 14.7. The van der Waals surface area contributed by atoms with Crippen LogP contribution in [0.5, 0.6) is 0 Å². The minimum Gasteiger partial charge on any atom is -0.198 e. The average molecular weight is 308 g/mol. The van der Waals surface area contributed by atoms with E-state index in [4.69, 9.17) is 0 Å². The summed E-state index contributed by atoms with van der Waals surface area (Å²) >= 11 is 0. The van der Waals surface area contributed by atoms with E-state index in [2.05, 4.69) is 25.3 Å². The monoisotopic (exact) mass is 308 g/mol. The molecule has 0 saturated carbocycles. The molecule has 1 saturated heterocycles. The molecule has 112 valence electrons. The fraction of sp³-hybridized carbons (Fsp3) is 0.417. The quantitative estimate of drug-likeness (QED) is 0.826. The minimum absolute atomic E-state index is 0.241. The number of tetrazole rings is 1. The summed E-state index contributed by atoms with van der Waals surface area (Å²) in [7, 11) is -3.39. The molecule has 0 spiro atoms. The first-order valence-electron chi connectivity index (χ1n) is 6.73. The van der Waals surface area contributed by atoms with Crippen LogP contribution in [-0.2, 0) is 16.8 Å². The lowest BCUT2D eigenvalue weighted by Gasteiger charge is -2.16. The van der Waals surface area contributed by atoms with Crippen LogP contribution in [0, 0.1) is 0 Å². The van der Waals surface area contributed by atoms with E-state index in [0.717, 1.165) is 24.0 Å². The van der Waals surface area contributed by atoms with Crippen molar-refractivity contribution in [1.82, 2.24) is 29.7 Å². The van der Waals surface area contributed by atoms with Crippen molar-refractivity contribution in [2.45, 2.75) is 19.4 Å². The van der Waals surface area contributed by atoms with Gasteiger partial charge in [-0.2, -0.15) is 22.7 Å². The highest BCUT2D eigenvalue weighted by molar-refractivity contribution is 7.87. The SMILES string of the molecule is O=S(=O)(NCc1cccc(-c2nn[nH]n2)c1)N1CCCC1. The summed E-state index contributed by atoms with van der Waals surface area (Å²) in [5.74, 6) is 0.485. The van der Waals surface area contributed by atoms with Gasteiger partial charge in [-0.3, -0.25) is 0 Å². The number of hydrogen-bond acceptors (Lipinski definition) is 5. The zero-order valence-corrected chi connectivity index (χ0v) is 12.2. The Kier molecular flexibility index (Phi) is 3.95. The van der Waals surface area contributed by atoms with Gasteiger partial charge in [-0.1, -0.05) is 18.2 Å². The number of aromatic amines is 1. The number of H-pyrrole nitrogens is 1. The highest BCUT2D eigenvalue weighted by atomic mass is 32.2. The van der Waals surface area contributed by atoms with E-state index in [9.17, 15) is 8.42 Å². The number of benzene rings is 1. The molecule has 0 radical (unpaired) electrons. The molecule has 2 N–H and O–H groups in total. The Bertz CT molecular complexity index is 694. The van der Waals surface area contributed by atoms with Gasteiger partial charge in [0.05, 0.1) is 0 Å². The summed E-state index contributed by atoms with van der Waals surface area (Å²) in [4.78, 5) is 0. The first-order chi connectivity index (χ1) is 10.1. The molecule has 0 bridgehead atoms. The molecule has 8 nitrogen and oxygen atoms in total. The number of aromatic nitrogens is 4. The molecule has 0 amide bonds. The highest BCUT2D eigenvalue weighted by Crippen LogP contribution is 2.16. The van der Waals surface area contributed by atoms with E-state index in [1.165, 1.54) is 4.31 Å². The van der Waals surface area contributed by atoms with Crippen LogP contribution in [0.25, 0.3) is 11.4 Å². The fourth-order valence-electron chi connectivity index (χ4n) is 2.30. The smallest absolute Gasteiger partial charge is 0.198 e. The molecule has 2 aromatic rings. The van der Waals surface area contributed by atoms with E-state index >= 15 is 0 Å². The largest absolute Gasteiger partial charge is 0.279 e. The third-order valence-electron chi connectivity index (χ3n) is 3.39. The third-order valence-corrected chi connectivity index (χ3v) is 4.95. The van der Waals surface area contributed by atoms with E-state index in [-0.39, 0.29) is 6.54 Å². The zero-order valence-electron chi connectivity index (χ0n) is 11.4. The Labute approximate surface area is 122 Å². The summed E-state index contributed by atoms with van der Waals surface area (Å²) in [6.07, 6.45) is 1.85. The second kappa shape index (κ2) is 5.88. The summed E-state index contributed by atoms with van der Waals surface area (Å²) in [5, 5.41) is 13.7. The standard InChI is InChI=1S/C12H16N6O2S/c19-21(20,18-6-1-2-7-18)13-9-10-4-3-5-11(8-10)12-14-16-17-15-12/h3-5,8,13H,1-2,6-7,9H2,(H,14,15,16,17). The molecule has 1 aromatic carbocycles. The highest BCUT2D eigenvalue weighted by Gasteiger charge is 2.24. The second-order valence-corrected chi connectivity index (χ2v) is 6.62. The van der Waals surface area contributed by atoms with E-state index < -0.39 is 10.2 Å². The molecular formula is C12H16N6O2S. The lowest BCUT2D eigenvalue weighted by atomic mass is 10.1. The first-order valence-corrected chi connectivity index (χ1v) is 8.17. The van der Waals surface area contributed by atoms with Crippen molar-refractivity contribution in [1.29, 1.82) is 0 Å². The molecule has 21 heavy (non-hydrogen) atoms. The molecule has 0 atom stereocenters. The van der Waals surface area contributed by atoms with Crippen molar-refractivity contribution in [2.75, 3.05) is 13.1 Å². The van der Waals surface area contributed by atoms with E-state index in [1.807, 2.05) is 24.3 Å². The van der Waals surface area contributed by atoms with Crippen LogP contribution >= 0.6 is 0 Å². The van der Waals surface area contributed by atoms with Gasteiger partial charge in [-0.05, 0) is 29.7 Å². The summed E-state index contributed by atoms with van der Waals surface area (Å²) < 4.78 is 28.3. The number of nitrogens with zero attached hydrogens (tertiary/aromatic N) is 4. The molecule has 1 aliphatic heterocycles. The molecule has 0 aliphatic carbocycles. The summed E-state index contributed by atoms with van der Waals surface area (Å²) in [6, 6.07) is 7.39. The van der Waals surface area contributed by atoms with Crippen molar-refractivity contribution in [2.24, 2.45) is 0 Å². The molecule has 0 unspecified atom stereocenters. The van der Waals surface area contributed by atoms with E-state index in [1.54, 1.807) is 0 Å². The van der Waals surface area contributed by atoms with Gasteiger partial charge in [0, 0.05) is 25.2 Å². The number of nitrogens with one attached hydrogen (secondary N) is 2. The topological polar surface area (TPSA) is 104 Å². The van der Waals surface area contributed by atoms with Crippen molar-refractivity contribution in [3.8, 4) is 11.4 Å². The molecule has 9 heteroatoms. The van der Waals surface area contributed by atoms with Crippen LogP contribution < -0.4 is 4.72 Å². The molecular weight excluding hydrogens is 292 g/mol. The van der Waals surface area contributed by atoms with Crippen LogP contribution in [0.4, 0.5) is 0 Å². The Morgan fingerprint density at radius 2 is 2.10 bits per heavy atom. The fourth-order valence-corrected chi connectivity index (χ4v) is 3.57. The predicted molar refractivity (Wildman–Crippen MR) is 76.2 cm³/mol. The first kappa shape index (κ1) is 14.1. The molecule has 1 fully saturated rings. The molecule has 1 aliphatic rings. The molecule has 2 heterocycles. The van der Waals surface area contributed by atoms with Crippen molar-refractivity contribution in [3.05, 3.63) is 29.8 Å². The van der Waals surface area contributed by atoms with Gasteiger partial charge >= 0.3 is 0 Å². The Balaban J connectivity index is 1.69. The van der Waals surface area contributed by atoms with Crippen LogP contribution in [0.3, 0.4) is 0 Å². The lowest BCUT2D eigenvalue weighted by Crippen LogP contribution is -2.38.